The zero-order chi connectivity index (χ0) is 28.7. The van der Waals surface area contributed by atoms with Crippen LogP contribution in [0.5, 0.6) is 0 Å². The first-order valence-electron chi connectivity index (χ1n) is 12.6. The molecule has 41 heavy (non-hydrogen) atoms. The molecule has 11 heteroatoms. The van der Waals surface area contributed by atoms with Crippen LogP contribution in [0.2, 0.25) is 5.02 Å². The van der Waals surface area contributed by atoms with Gasteiger partial charge < -0.3 is 15.4 Å². The van der Waals surface area contributed by atoms with Crippen LogP contribution >= 0.6 is 11.6 Å². The highest BCUT2D eigenvalue weighted by molar-refractivity contribution is 6.36. The van der Waals surface area contributed by atoms with E-state index in [9.17, 15) is 19.5 Å². The monoisotopic (exact) mass is 564 g/mol. The summed E-state index contributed by atoms with van der Waals surface area (Å²) in [6.45, 7) is 1.83. The van der Waals surface area contributed by atoms with Crippen molar-refractivity contribution in [2.45, 2.75) is 13.0 Å². The lowest BCUT2D eigenvalue weighted by atomic mass is 9.98. The van der Waals surface area contributed by atoms with Crippen molar-refractivity contribution < 1.29 is 9.90 Å². The summed E-state index contributed by atoms with van der Waals surface area (Å²) in [7, 11) is 0. The Bertz CT molecular complexity index is 2070. The van der Waals surface area contributed by atoms with Gasteiger partial charge in [0.2, 0.25) is 0 Å². The highest BCUT2D eigenvalue weighted by Gasteiger charge is 2.24. The summed E-state index contributed by atoms with van der Waals surface area (Å²) in [6, 6.07) is 18.2. The molecule has 202 valence electrons. The standard InChI is InChI=1S/C30H21ClN6O4/c1-16(36-28-24-22(38)12-13-32-27(24)34-15-35-28)26-25(31)20-9-5-8-19(17-10-11-21(30(40)41)33-14-17)23(20)29(39)37(26)18-6-3-2-4-7-18/h2-16H,1H3,(H,40,41)(H2,32,34,35,36,38)/t16-/m0/s1. The van der Waals surface area contributed by atoms with E-state index in [0.29, 0.717) is 49.8 Å². The fourth-order valence-corrected chi connectivity index (χ4v) is 5.36. The molecule has 0 fully saturated rings. The Labute approximate surface area is 237 Å². The quantitative estimate of drug-likeness (QED) is 0.250. The Morgan fingerprint density at radius 3 is 2.51 bits per heavy atom. The fraction of sp³-hybridized carbons (Fsp3) is 0.0667. The van der Waals surface area contributed by atoms with Gasteiger partial charge >= 0.3 is 5.97 Å². The summed E-state index contributed by atoms with van der Waals surface area (Å²) < 4.78 is 1.54. The second-order valence-corrected chi connectivity index (χ2v) is 9.67. The average molecular weight is 565 g/mol. The van der Waals surface area contributed by atoms with E-state index in [-0.39, 0.29) is 22.1 Å². The summed E-state index contributed by atoms with van der Waals surface area (Å²) in [5.41, 5.74) is 1.86. The van der Waals surface area contributed by atoms with E-state index >= 15 is 0 Å². The summed E-state index contributed by atoms with van der Waals surface area (Å²) in [4.78, 5) is 53.8. The zero-order valence-electron chi connectivity index (χ0n) is 21.5. The number of carbonyl (C=O) groups is 1. The van der Waals surface area contributed by atoms with Gasteiger partial charge in [0, 0.05) is 35.1 Å². The number of aromatic carboxylic acids is 1. The van der Waals surface area contributed by atoms with Crippen LogP contribution in [-0.4, -0.2) is 35.6 Å². The molecule has 0 aliphatic rings. The Morgan fingerprint density at radius 2 is 1.78 bits per heavy atom. The molecule has 10 nitrogen and oxygen atoms in total. The molecular formula is C30H21ClN6O4. The molecule has 4 aromatic heterocycles. The van der Waals surface area contributed by atoms with Crippen molar-refractivity contribution in [3.63, 3.8) is 0 Å². The number of pyridine rings is 3. The molecule has 0 unspecified atom stereocenters. The summed E-state index contributed by atoms with van der Waals surface area (Å²) >= 11 is 7.11. The number of nitrogens with one attached hydrogen (secondary N) is 2. The van der Waals surface area contributed by atoms with Crippen LogP contribution < -0.4 is 16.3 Å². The van der Waals surface area contributed by atoms with E-state index in [1.807, 2.05) is 25.1 Å². The van der Waals surface area contributed by atoms with Gasteiger partial charge in [-0.3, -0.25) is 14.2 Å². The van der Waals surface area contributed by atoms with Crippen molar-refractivity contribution in [2.24, 2.45) is 0 Å². The minimum absolute atomic E-state index is 0.105. The molecule has 0 saturated heterocycles. The van der Waals surface area contributed by atoms with Gasteiger partial charge in [-0.05, 0) is 30.7 Å². The maximum absolute atomic E-state index is 14.4. The van der Waals surface area contributed by atoms with Crippen LogP contribution in [0.1, 0.15) is 29.1 Å². The molecule has 0 spiro atoms. The number of anilines is 1. The largest absolute Gasteiger partial charge is 0.477 e. The Hall–Kier alpha value is -5.35. The molecule has 6 aromatic rings. The normalized spacial score (nSPS) is 12.0. The van der Waals surface area contributed by atoms with Gasteiger partial charge in [0.1, 0.15) is 28.9 Å². The first kappa shape index (κ1) is 25.9. The van der Waals surface area contributed by atoms with Crippen LogP contribution in [0.25, 0.3) is 38.6 Å². The lowest BCUT2D eigenvalue weighted by molar-refractivity contribution is 0.0690. The van der Waals surface area contributed by atoms with Gasteiger partial charge in [0.05, 0.1) is 22.1 Å². The first-order chi connectivity index (χ1) is 19.8. The van der Waals surface area contributed by atoms with Gasteiger partial charge in [0.15, 0.2) is 5.43 Å². The zero-order valence-corrected chi connectivity index (χ0v) is 22.3. The van der Waals surface area contributed by atoms with Crippen molar-refractivity contribution in [3.8, 4) is 16.8 Å². The number of rotatable bonds is 6. The number of para-hydroxylation sites is 1. The van der Waals surface area contributed by atoms with Crippen molar-refractivity contribution >= 4 is 45.2 Å². The summed E-state index contributed by atoms with van der Waals surface area (Å²) in [5.74, 6) is -0.848. The van der Waals surface area contributed by atoms with E-state index in [0.717, 1.165) is 0 Å². The lowest BCUT2D eigenvalue weighted by Gasteiger charge is -2.24. The fourth-order valence-electron chi connectivity index (χ4n) is 4.95. The Kier molecular flexibility index (Phi) is 6.52. The van der Waals surface area contributed by atoms with E-state index in [2.05, 4.69) is 25.3 Å². The van der Waals surface area contributed by atoms with E-state index in [1.165, 1.54) is 30.9 Å². The smallest absolute Gasteiger partial charge is 0.354 e. The molecule has 0 saturated carbocycles. The molecule has 0 amide bonds. The van der Waals surface area contributed by atoms with Crippen molar-refractivity contribution in [1.82, 2.24) is 24.5 Å². The van der Waals surface area contributed by atoms with Crippen LogP contribution in [0, 0.1) is 0 Å². The number of carboxylic acid groups (broad SMARTS) is 1. The number of hydrogen-bond acceptors (Lipinski definition) is 7. The molecule has 0 bridgehead atoms. The van der Waals surface area contributed by atoms with Crippen LogP contribution in [-0.2, 0) is 0 Å². The van der Waals surface area contributed by atoms with Crippen LogP contribution in [0.15, 0.2) is 95.0 Å². The molecule has 0 radical (unpaired) electrons. The van der Waals surface area contributed by atoms with Crippen molar-refractivity contribution in [2.75, 3.05) is 5.32 Å². The SMILES string of the molecule is C[C@H](Nc1ncnc2[nH]ccc(=O)c12)c1c(Cl)c2cccc(-c3ccc(C(=O)O)nc3)c2c(=O)n1-c1ccccc1. The van der Waals surface area contributed by atoms with Crippen LogP contribution in [0.3, 0.4) is 0 Å². The van der Waals surface area contributed by atoms with E-state index in [1.54, 1.807) is 41.0 Å². The maximum atomic E-state index is 14.4. The predicted octanol–water partition coefficient (Wildman–Crippen LogP) is 5.21. The highest BCUT2D eigenvalue weighted by atomic mass is 35.5. The second kappa shape index (κ2) is 10.3. The number of hydrogen-bond donors (Lipinski definition) is 3. The van der Waals surface area contributed by atoms with E-state index in [4.69, 9.17) is 11.6 Å². The van der Waals surface area contributed by atoms with Crippen molar-refractivity contribution in [3.05, 3.63) is 122 Å². The molecule has 4 heterocycles. The number of aromatic nitrogens is 5. The van der Waals surface area contributed by atoms with Crippen molar-refractivity contribution in [1.29, 1.82) is 0 Å². The number of fused-ring (bicyclic) bond motifs is 2. The highest BCUT2D eigenvalue weighted by Crippen LogP contribution is 2.36. The number of nitrogens with zero attached hydrogens (tertiary/aromatic N) is 4. The minimum Gasteiger partial charge on any atom is -0.477 e. The minimum atomic E-state index is -1.14. The lowest BCUT2D eigenvalue weighted by Crippen LogP contribution is -2.27. The number of halogens is 1. The third-order valence-electron chi connectivity index (χ3n) is 6.80. The number of H-pyrrole nitrogens is 1. The molecule has 0 aliphatic carbocycles. The third-order valence-corrected chi connectivity index (χ3v) is 7.20. The second-order valence-electron chi connectivity index (χ2n) is 9.29. The molecule has 1 atom stereocenters. The first-order valence-corrected chi connectivity index (χ1v) is 12.9. The maximum Gasteiger partial charge on any atom is 0.354 e. The number of aromatic amines is 1. The van der Waals surface area contributed by atoms with Gasteiger partial charge in [-0.25, -0.2) is 19.7 Å². The average Bonchev–Trinajstić information content (AvgIpc) is 2.99. The predicted molar refractivity (Wildman–Crippen MR) is 157 cm³/mol. The topological polar surface area (TPSA) is 143 Å². The van der Waals surface area contributed by atoms with Gasteiger partial charge in [-0.2, -0.15) is 0 Å². The summed E-state index contributed by atoms with van der Waals surface area (Å²) in [6.07, 6.45) is 4.28. The molecule has 6 rings (SSSR count). The van der Waals surface area contributed by atoms with E-state index < -0.39 is 12.0 Å². The Morgan fingerprint density at radius 1 is 0.976 bits per heavy atom. The molecule has 3 N–H and O–H groups in total. The van der Waals surface area contributed by atoms with Gasteiger partial charge in [-0.15, -0.1) is 0 Å². The Balaban J connectivity index is 1.60. The number of benzene rings is 2. The van der Waals surface area contributed by atoms with Gasteiger partial charge in [0.25, 0.3) is 5.56 Å². The summed E-state index contributed by atoms with van der Waals surface area (Å²) in [5, 5.41) is 14.0. The van der Waals surface area contributed by atoms with Gasteiger partial charge in [-0.1, -0.05) is 54.1 Å². The third kappa shape index (κ3) is 4.50. The number of carboxylic acids is 1. The molecular weight excluding hydrogens is 544 g/mol. The molecule has 2 aromatic carbocycles. The van der Waals surface area contributed by atoms with Crippen LogP contribution in [0.4, 0.5) is 5.82 Å². The molecule has 0 aliphatic heterocycles.